The van der Waals surface area contributed by atoms with Crippen molar-refractivity contribution in [3.63, 3.8) is 0 Å². The second-order valence-corrected chi connectivity index (χ2v) is 9.45. The highest BCUT2D eigenvalue weighted by atomic mass is 16.5. The molecular weight excluding hydrogens is 446 g/mol. The van der Waals surface area contributed by atoms with Gasteiger partial charge in [0.1, 0.15) is 5.75 Å². The highest BCUT2D eigenvalue weighted by Gasteiger charge is 2.56. The van der Waals surface area contributed by atoms with Crippen molar-refractivity contribution in [2.75, 3.05) is 40.0 Å². The van der Waals surface area contributed by atoms with Crippen LogP contribution in [-0.4, -0.2) is 71.4 Å². The SMILES string of the molecule is CC=Cc1ccc2n(c1=O)C[C@@H]1[C@@H](CO)[C@H](C(=O)N3CCOCC3)N(Cc3ccccc3OC)[C@H]21. The summed E-state index contributed by atoms with van der Waals surface area (Å²) in [4.78, 5) is 31.2. The number of hydrogen-bond acceptors (Lipinski definition) is 6. The number of carbonyl (C=O) groups excluding carboxylic acids is 1. The molecule has 1 amide bonds. The Morgan fingerprint density at radius 2 is 1.97 bits per heavy atom. The van der Waals surface area contributed by atoms with Gasteiger partial charge in [0.05, 0.1) is 32.4 Å². The van der Waals surface area contributed by atoms with Gasteiger partial charge in [0.25, 0.3) is 5.56 Å². The zero-order valence-electron chi connectivity index (χ0n) is 20.3. The fraction of sp³-hybridized carbons (Fsp3) is 0.481. The number of carbonyl (C=O) groups is 1. The van der Waals surface area contributed by atoms with Crippen molar-refractivity contribution in [1.29, 1.82) is 0 Å². The second kappa shape index (κ2) is 9.97. The van der Waals surface area contributed by atoms with Crippen LogP contribution in [0.2, 0.25) is 0 Å². The maximum absolute atomic E-state index is 13.9. The number of likely N-dealkylation sites (tertiary alicyclic amines) is 1. The molecule has 3 aliphatic rings. The van der Waals surface area contributed by atoms with E-state index in [9.17, 15) is 14.7 Å². The van der Waals surface area contributed by atoms with Gasteiger partial charge in [-0.25, -0.2) is 0 Å². The fourth-order valence-corrected chi connectivity index (χ4v) is 6.09. The van der Waals surface area contributed by atoms with E-state index < -0.39 is 6.04 Å². The Hall–Kier alpha value is -2.94. The summed E-state index contributed by atoms with van der Waals surface area (Å²) >= 11 is 0. The summed E-state index contributed by atoms with van der Waals surface area (Å²) in [6.07, 6.45) is 3.69. The monoisotopic (exact) mass is 479 g/mol. The van der Waals surface area contributed by atoms with Crippen LogP contribution in [0.5, 0.6) is 5.75 Å². The molecule has 0 radical (unpaired) electrons. The zero-order valence-corrected chi connectivity index (χ0v) is 20.3. The first-order valence-electron chi connectivity index (χ1n) is 12.3. The fourth-order valence-electron chi connectivity index (χ4n) is 6.09. The Balaban J connectivity index is 1.59. The Labute approximate surface area is 205 Å². The van der Waals surface area contributed by atoms with Crippen molar-refractivity contribution in [2.45, 2.75) is 32.1 Å². The van der Waals surface area contributed by atoms with Gasteiger partial charge in [-0.15, -0.1) is 0 Å². The number of allylic oxidation sites excluding steroid dienone is 1. The third-order valence-corrected chi connectivity index (χ3v) is 7.69. The van der Waals surface area contributed by atoms with E-state index in [4.69, 9.17) is 9.47 Å². The highest BCUT2D eigenvalue weighted by Crippen LogP contribution is 2.50. The lowest BCUT2D eigenvalue weighted by molar-refractivity contribution is -0.142. The number of amides is 1. The molecule has 5 rings (SSSR count). The van der Waals surface area contributed by atoms with E-state index in [2.05, 4.69) is 4.90 Å². The number of methoxy groups -OCH3 is 1. The number of nitrogens with zero attached hydrogens (tertiary/aromatic N) is 3. The van der Waals surface area contributed by atoms with E-state index in [1.807, 2.05) is 64.9 Å². The number of pyridine rings is 1. The lowest BCUT2D eigenvalue weighted by Gasteiger charge is -2.36. The number of aromatic nitrogens is 1. The Morgan fingerprint density at radius 1 is 1.20 bits per heavy atom. The molecular formula is C27H33N3O5. The van der Waals surface area contributed by atoms with E-state index in [-0.39, 0.29) is 36.0 Å². The van der Waals surface area contributed by atoms with Crippen molar-refractivity contribution in [3.8, 4) is 5.75 Å². The predicted octanol–water partition coefficient (Wildman–Crippen LogP) is 1.91. The van der Waals surface area contributed by atoms with Crippen molar-refractivity contribution in [1.82, 2.24) is 14.4 Å². The molecule has 35 heavy (non-hydrogen) atoms. The Morgan fingerprint density at radius 3 is 2.69 bits per heavy atom. The lowest BCUT2D eigenvalue weighted by Crippen LogP contribution is -2.52. The molecule has 2 fully saturated rings. The third-order valence-electron chi connectivity index (χ3n) is 7.69. The van der Waals surface area contributed by atoms with Crippen LogP contribution in [0.3, 0.4) is 0 Å². The Bertz CT molecular complexity index is 1170. The Kier molecular flexibility index (Phi) is 6.77. The highest BCUT2D eigenvalue weighted by molar-refractivity contribution is 5.83. The second-order valence-electron chi connectivity index (χ2n) is 9.45. The van der Waals surface area contributed by atoms with Gasteiger partial charge in [-0.05, 0) is 25.1 Å². The molecule has 8 nitrogen and oxygen atoms in total. The summed E-state index contributed by atoms with van der Waals surface area (Å²) in [5, 5.41) is 10.6. The quantitative estimate of drug-likeness (QED) is 0.682. The lowest BCUT2D eigenvalue weighted by atomic mass is 9.88. The molecule has 8 heteroatoms. The average Bonchev–Trinajstić information content (AvgIpc) is 3.41. The first kappa shape index (κ1) is 23.8. The van der Waals surface area contributed by atoms with Gasteiger partial charge in [-0.2, -0.15) is 0 Å². The van der Waals surface area contributed by atoms with Crippen LogP contribution in [0.4, 0.5) is 0 Å². The molecule has 0 saturated carbocycles. The summed E-state index contributed by atoms with van der Waals surface area (Å²) in [5.41, 5.74) is 2.49. The number of hydrogen-bond donors (Lipinski definition) is 1. The van der Waals surface area contributed by atoms with Crippen molar-refractivity contribution >= 4 is 12.0 Å². The van der Waals surface area contributed by atoms with E-state index in [1.165, 1.54) is 0 Å². The average molecular weight is 480 g/mol. The number of aliphatic hydroxyl groups excluding tert-OH is 1. The number of ether oxygens (including phenoxy) is 2. The zero-order chi connectivity index (χ0) is 24.5. The van der Waals surface area contributed by atoms with Crippen molar-refractivity contribution < 1.29 is 19.4 Å². The van der Waals surface area contributed by atoms with Gasteiger partial charge in [0.2, 0.25) is 5.91 Å². The van der Waals surface area contributed by atoms with Crippen LogP contribution < -0.4 is 10.3 Å². The van der Waals surface area contributed by atoms with Gasteiger partial charge in [0.15, 0.2) is 0 Å². The first-order chi connectivity index (χ1) is 17.1. The van der Waals surface area contributed by atoms with Gasteiger partial charge in [-0.3, -0.25) is 14.5 Å². The maximum Gasteiger partial charge on any atom is 0.258 e. The van der Waals surface area contributed by atoms with Crippen LogP contribution in [-0.2, 0) is 22.6 Å². The summed E-state index contributed by atoms with van der Waals surface area (Å²) in [7, 11) is 1.64. The van der Waals surface area contributed by atoms with Gasteiger partial charge < -0.3 is 24.0 Å². The molecule has 0 unspecified atom stereocenters. The van der Waals surface area contributed by atoms with Gasteiger partial charge in [0, 0.05) is 61.4 Å². The molecule has 2 aromatic rings. The van der Waals surface area contributed by atoms with Crippen LogP contribution in [0, 0.1) is 11.8 Å². The minimum absolute atomic E-state index is 0.0241. The number of benzene rings is 1. The smallest absolute Gasteiger partial charge is 0.258 e. The van der Waals surface area contributed by atoms with Gasteiger partial charge >= 0.3 is 0 Å². The molecule has 0 bridgehead atoms. The molecule has 2 saturated heterocycles. The molecule has 3 aliphatic heterocycles. The standard InChI is InChI=1S/C27H33N3O5/c1-3-6-18-9-10-22-24-20(16-29(22)26(18)32)21(17-31)25(27(33)28-11-13-35-14-12-28)30(24)15-19-7-4-5-8-23(19)34-2/h3-10,20-21,24-25,31H,11-17H2,1-2H3/t20-,21-,24+,25-/m1/s1. The molecule has 1 N–H and O–H groups in total. The topological polar surface area (TPSA) is 84.2 Å². The maximum atomic E-state index is 13.9. The number of aliphatic hydroxyl groups is 1. The van der Waals surface area contributed by atoms with Crippen LogP contribution in [0.1, 0.15) is 29.8 Å². The largest absolute Gasteiger partial charge is 0.496 e. The van der Waals surface area contributed by atoms with Crippen LogP contribution in [0.25, 0.3) is 6.08 Å². The van der Waals surface area contributed by atoms with E-state index in [1.54, 1.807) is 7.11 Å². The van der Waals surface area contributed by atoms with E-state index >= 15 is 0 Å². The molecule has 0 spiro atoms. The van der Waals surface area contributed by atoms with Crippen LogP contribution >= 0.6 is 0 Å². The molecule has 4 atom stereocenters. The minimum atomic E-state index is -0.489. The predicted molar refractivity (Wildman–Crippen MR) is 132 cm³/mol. The summed E-state index contributed by atoms with van der Waals surface area (Å²) in [5.74, 6) is 0.455. The first-order valence-corrected chi connectivity index (χ1v) is 12.3. The number of fused-ring (bicyclic) bond motifs is 3. The van der Waals surface area contributed by atoms with Crippen molar-refractivity contribution in [2.24, 2.45) is 11.8 Å². The summed E-state index contributed by atoms with van der Waals surface area (Å²) in [6, 6.07) is 11.0. The van der Waals surface area contributed by atoms with Crippen LogP contribution in [0.15, 0.2) is 47.3 Å². The summed E-state index contributed by atoms with van der Waals surface area (Å²) < 4.78 is 12.9. The number of para-hydroxylation sites is 1. The molecule has 0 aliphatic carbocycles. The third kappa shape index (κ3) is 4.09. The summed E-state index contributed by atoms with van der Waals surface area (Å²) in [6.45, 7) is 4.89. The molecule has 186 valence electrons. The molecule has 4 heterocycles. The van der Waals surface area contributed by atoms with Crippen molar-refractivity contribution in [3.05, 3.63) is 69.6 Å². The van der Waals surface area contributed by atoms with Gasteiger partial charge in [-0.1, -0.05) is 30.4 Å². The van der Waals surface area contributed by atoms with E-state index in [0.29, 0.717) is 45.0 Å². The molecule has 1 aromatic heterocycles. The normalized spacial score (nSPS) is 26.2. The molecule has 1 aromatic carbocycles. The number of rotatable bonds is 6. The van der Waals surface area contributed by atoms with E-state index in [0.717, 1.165) is 17.0 Å². The number of morpholine rings is 1. The minimum Gasteiger partial charge on any atom is -0.496 e.